The number of amides is 4. The van der Waals surface area contributed by atoms with E-state index >= 15 is 0 Å². The molecule has 1 spiro atoms. The van der Waals surface area contributed by atoms with Gasteiger partial charge in [-0.1, -0.05) is 51.1 Å². The Morgan fingerprint density at radius 2 is 1.75 bits per heavy atom. The summed E-state index contributed by atoms with van der Waals surface area (Å²) >= 11 is 0. The molecule has 1 unspecified atom stereocenters. The lowest BCUT2D eigenvalue weighted by atomic mass is 9.67. The van der Waals surface area contributed by atoms with Crippen molar-refractivity contribution in [1.82, 2.24) is 15.1 Å². The summed E-state index contributed by atoms with van der Waals surface area (Å²) in [6.07, 6.45) is 1.63. The zero-order chi connectivity index (χ0) is 23.7. The minimum Gasteiger partial charge on any atom is -0.446 e. The molecule has 32 heavy (non-hydrogen) atoms. The second-order valence-corrected chi connectivity index (χ2v) is 10.1. The number of esters is 1. The van der Waals surface area contributed by atoms with Gasteiger partial charge < -0.3 is 15.0 Å². The molecule has 1 atom stereocenters. The monoisotopic (exact) mass is 443 g/mol. The van der Waals surface area contributed by atoms with E-state index in [1.807, 2.05) is 0 Å². The molecule has 174 valence electrons. The summed E-state index contributed by atoms with van der Waals surface area (Å²) < 4.78 is 5.45. The maximum Gasteiger partial charge on any atom is 0.327 e. The van der Waals surface area contributed by atoms with Crippen molar-refractivity contribution in [3.63, 3.8) is 0 Å². The number of rotatable bonds is 5. The number of benzene rings is 1. The van der Waals surface area contributed by atoms with Gasteiger partial charge >= 0.3 is 12.0 Å². The van der Waals surface area contributed by atoms with E-state index in [9.17, 15) is 19.2 Å². The van der Waals surface area contributed by atoms with Crippen molar-refractivity contribution in [2.24, 2.45) is 11.3 Å². The number of nitrogens with zero attached hydrogens (tertiary/aromatic N) is 2. The standard InChI is InChI=1S/C24H33N3O5/c1-23(2,3)17-11-13-24(14-12-17)21(30)27(22(31)25-24)15-18(28)32-19(20(29)26(4)5)16-9-7-6-8-10-16/h6-10,17,19H,11-15H2,1-5H3,(H,25,31). The molecule has 1 N–H and O–H groups in total. The summed E-state index contributed by atoms with van der Waals surface area (Å²) in [6, 6.07) is 8.08. The highest BCUT2D eigenvalue weighted by Gasteiger charge is 2.53. The first-order chi connectivity index (χ1) is 14.9. The van der Waals surface area contributed by atoms with Crippen LogP contribution >= 0.6 is 0 Å². The lowest BCUT2D eigenvalue weighted by Gasteiger charge is -2.40. The zero-order valence-electron chi connectivity index (χ0n) is 19.5. The van der Waals surface area contributed by atoms with E-state index < -0.39 is 36.1 Å². The number of hydrogen-bond donors (Lipinski definition) is 1. The molecular weight excluding hydrogens is 410 g/mol. The van der Waals surface area contributed by atoms with E-state index in [1.54, 1.807) is 44.4 Å². The first kappa shape index (κ1) is 23.8. The van der Waals surface area contributed by atoms with Crippen molar-refractivity contribution >= 4 is 23.8 Å². The number of hydrogen-bond acceptors (Lipinski definition) is 5. The molecule has 1 heterocycles. The average Bonchev–Trinajstić information content (AvgIpc) is 2.95. The Kier molecular flexibility index (Phi) is 6.62. The summed E-state index contributed by atoms with van der Waals surface area (Å²) in [5, 5.41) is 2.83. The summed E-state index contributed by atoms with van der Waals surface area (Å²) in [5.74, 6) is -1.13. The van der Waals surface area contributed by atoms with E-state index in [0.29, 0.717) is 24.3 Å². The van der Waals surface area contributed by atoms with E-state index in [2.05, 4.69) is 26.1 Å². The van der Waals surface area contributed by atoms with E-state index in [1.165, 1.54) is 4.90 Å². The third-order valence-electron chi connectivity index (χ3n) is 6.61. The third kappa shape index (κ3) is 4.79. The zero-order valence-corrected chi connectivity index (χ0v) is 19.5. The summed E-state index contributed by atoms with van der Waals surface area (Å²) in [7, 11) is 3.14. The van der Waals surface area contributed by atoms with Crippen molar-refractivity contribution in [2.45, 2.75) is 58.1 Å². The summed E-state index contributed by atoms with van der Waals surface area (Å²) in [6.45, 7) is 6.03. The maximum atomic E-state index is 13.1. The van der Waals surface area contributed by atoms with Gasteiger partial charge in [0.2, 0.25) is 6.10 Å². The Bertz CT molecular complexity index is 883. The molecule has 0 aromatic heterocycles. The first-order valence-corrected chi connectivity index (χ1v) is 11.0. The molecule has 1 aliphatic carbocycles. The van der Waals surface area contributed by atoms with Gasteiger partial charge in [-0.25, -0.2) is 4.79 Å². The summed E-state index contributed by atoms with van der Waals surface area (Å²) in [5.41, 5.74) is -0.284. The average molecular weight is 444 g/mol. The van der Waals surface area contributed by atoms with Crippen LogP contribution in [0.1, 0.15) is 58.1 Å². The lowest BCUT2D eigenvalue weighted by molar-refractivity contribution is -0.161. The van der Waals surface area contributed by atoms with Gasteiger partial charge in [0.15, 0.2) is 0 Å². The molecule has 2 aliphatic rings. The number of urea groups is 1. The Morgan fingerprint density at radius 1 is 1.16 bits per heavy atom. The van der Waals surface area contributed by atoms with Crippen molar-refractivity contribution in [1.29, 1.82) is 0 Å². The van der Waals surface area contributed by atoms with Gasteiger partial charge in [-0.05, 0) is 37.0 Å². The molecule has 3 rings (SSSR count). The van der Waals surface area contributed by atoms with Gasteiger partial charge in [-0.3, -0.25) is 19.3 Å². The number of carbonyl (C=O) groups excluding carboxylic acids is 4. The van der Waals surface area contributed by atoms with Crippen molar-refractivity contribution < 1.29 is 23.9 Å². The van der Waals surface area contributed by atoms with Crippen molar-refractivity contribution in [2.75, 3.05) is 20.6 Å². The van der Waals surface area contributed by atoms with Crippen LogP contribution in [0.2, 0.25) is 0 Å². The fourth-order valence-electron chi connectivity index (χ4n) is 4.56. The number of carbonyl (C=O) groups is 4. The molecule has 1 aliphatic heterocycles. The van der Waals surface area contributed by atoms with E-state index in [-0.39, 0.29) is 11.3 Å². The van der Waals surface area contributed by atoms with Crippen LogP contribution in [0.4, 0.5) is 4.79 Å². The smallest absolute Gasteiger partial charge is 0.327 e. The first-order valence-electron chi connectivity index (χ1n) is 11.0. The second-order valence-electron chi connectivity index (χ2n) is 10.1. The van der Waals surface area contributed by atoms with Crippen molar-refractivity contribution in [3.8, 4) is 0 Å². The normalized spacial score (nSPS) is 24.3. The molecule has 8 heteroatoms. The fraction of sp³-hybridized carbons (Fsp3) is 0.583. The highest BCUT2D eigenvalue weighted by molar-refractivity contribution is 6.08. The van der Waals surface area contributed by atoms with Crippen LogP contribution in [0, 0.1) is 11.3 Å². The Hall–Kier alpha value is -2.90. The molecule has 1 aromatic carbocycles. The van der Waals surface area contributed by atoms with Gasteiger partial charge in [0.05, 0.1) is 0 Å². The SMILES string of the molecule is CN(C)C(=O)C(OC(=O)CN1C(=O)NC2(CCC(C(C)(C)C)CC2)C1=O)c1ccccc1. The van der Waals surface area contributed by atoms with Crippen LogP contribution in [0.15, 0.2) is 30.3 Å². The van der Waals surface area contributed by atoms with Crippen LogP contribution in [0.3, 0.4) is 0 Å². The van der Waals surface area contributed by atoms with Crippen LogP contribution in [0.25, 0.3) is 0 Å². The molecular formula is C24H33N3O5. The van der Waals surface area contributed by atoms with Gasteiger partial charge in [0, 0.05) is 19.7 Å². The molecule has 8 nitrogen and oxygen atoms in total. The molecule has 0 radical (unpaired) electrons. The van der Waals surface area contributed by atoms with Crippen LogP contribution in [0.5, 0.6) is 0 Å². The predicted octanol–water partition coefficient (Wildman–Crippen LogP) is 2.89. The number of imide groups is 1. The van der Waals surface area contributed by atoms with Crippen molar-refractivity contribution in [3.05, 3.63) is 35.9 Å². The fourth-order valence-corrected chi connectivity index (χ4v) is 4.56. The summed E-state index contributed by atoms with van der Waals surface area (Å²) in [4.78, 5) is 53.3. The minimum absolute atomic E-state index is 0.141. The Morgan fingerprint density at radius 3 is 2.28 bits per heavy atom. The van der Waals surface area contributed by atoms with Crippen LogP contribution < -0.4 is 5.32 Å². The second kappa shape index (κ2) is 8.92. The molecule has 1 aromatic rings. The van der Waals surface area contributed by atoms with Crippen LogP contribution in [-0.2, 0) is 19.1 Å². The van der Waals surface area contributed by atoms with Crippen LogP contribution in [-0.4, -0.2) is 59.8 Å². The predicted molar refractivity (Wildman–Crippen MR) is 118 cm³/mol. The van der Waals surface area contributed by atoms with Gasteiger partial charge in [-0.15, -0.1) is 0 Å². The Balaban J connectivity index is 1.69. The highest BCUT2D eigenvalue weighted by atomic mass is 16.5. The molecule has 1 saturated heterocycles. The topological polar surface area (TPSA) is 96.0 Å². The van der Waals surface area contributed by atoms with E-state index in [4.69, 9.17) is 4.74 Å². The molecule has 0 bridgehead atoms. The van der Waals surface area contributed by atoms with E-state index in [0.717, 1.165) is 17.7 Å². The van der Waals surface area contributed by atoms with Gasteiger partial charge in [-0.2, -0.15) is 0 Å². The van der Waals surface area contributed by atoms with Gasteiger partial charge in [0.25, 0.3) is 11.8 Å². The minimum atomic E-state index is -1.14. The molecule has 1 saturated carbocycles. The largest absolute Gasteiger partial charge is 0.446 e. The quantitative estimate of drug-likeness (QED) is 0.558. The van der Waals surface area contributed by atoms with Gasteiger partial charge in [0.1, 0.15) is 12.1 Å². The third-order valence-corrected chi connectivity index (χ3v) is 6.61. The number of nitrogens with one attached hydrogen (secondary N) is 1. The number of likely N-dealkylation sites (N-methyl/N-ethyl adjacent to an activating group) is 1. The Labute approximate surface area is 189 Å². The lowest BCUT2D eigenvalue weighted by Crippen LogP contribution is -2.50. The highest BCUT2D eigenvalue weighted by Crippen LogP contribution is 2.43. The molecule has 4 amide bonds. The maximum absolute atomic E-state index is 13.1. The number of ether oxygens (including phenoxy) is 1. The molecule has 2 fully saturated rings.